The highest BCUT2D eigenvalue weighted by Crippen LogP contribution is 2.37. The predicted octanol–water partition coefficient (Wildman–Crippen LogP) is 3.02. The largest absolute Gasteiger partial charge is 0.368 e. The van der Waals surface area contributed by atoms with E-state index in [1.807, 2.05) is 0 Å². The van der Waals surface area contributed by atoms with Gasteiger partial charge in [0.05, 0.1) is 5.39 Å². The highest BCUT2D eigenvalue weighted by Gasteiger charge is 2.38. The fourth-order valence-corrected chi connectivity index (χ4v) is 3.61. The summed E-state index contributed by atoms with van der Waals surface area (Å²) in [6.07, 6.45) is 3.83. The summed E-state index contributed by atoms with van der Waals surface area (Å²) in [5, 5.41) is 9.98. The minimum Gasteiger partial charge on any atom is -0.368 e. The molecule has 0 aliphatic heterocycles. The van der Waals surface area contributed by atoms with Crippen LogP contribution in [0, 0.1) is 0 Å². The van der Waals surface area contributed by atoms with Crippen LogP contribution in [0.4, 0.5) is 11.8 Å². The minimum atomic E-state index is 0.283. The number of nitrogens with one attached hydrogen (secondary N) is 2. The third-order valence-corrected chi connectivity index (χ3v) is 5.28. The lowest BCUT2D eigenvalue weighted by Crippen LogP contribution is -2.54. The smallest absolute Gasteiger partial charge is 0.226 e. The molecule has 114 valence electrons. The summed E-state index contributed by atoms with van der Waals surface area (Å²) < 4.78 is 0. The monoisotopic (exact) mass is 305 g/mol. The van der Waals surface area contributed by atoms with Gasteiger partial charge >= 0.3 is 0 Å². The minimum absolute atomic E-state index is 0.283. The Labute approximate surface area is 129 Å². The van der Waals surface area contributed by atoms with E-state index in [9.17, 15) is 0 Å². The number of anilines is 2. The molecule has 2 aromatic rings. The van der Waals surface area contributed by atoms with Crippen LogP contribution < -0.4 is 10.6 Å². The van der Waals surface area contributed by atoms with Crippen molar-refractivity contribution in [1.82, 2.24) is 14.9 Å². The number of hydrogen-bond acceptors (Lipinski definition) is 6. The lowest BCUT2D eigenvalue weighted by molar-refractivity contribution is 0.0738. The number of nitrogens with zero attached hydrogens (tertiary/aromatic N) is 3. The lowest BCUT2D eigenvalue weighted by atomic mass is 9.75. The van der Waals surface area contributed by atoms with Crippen LogP contribution in [0.25, 0.3) is 10.2 Å². The number of rotatable bonds is 6. The summed E-state index contributed by atoms with van der Waals surface area (Å²) in [5.74, 6) is 1.66. The van der Waals surface area contributed by atoms with Gasteiger partial charge in [-0.2, -0.15) is 4.98 Å². The van der Waals surface area contributed by atoms with Gasteiger partial charge in [-0.3, -0.25) is 0 Å². The molecule has 0 aromatic carbocycles. The van der Waals surface area contributed by atoms with E-state index < -0.39 is 0 Å². The van der Waals surface area contributed by atoms with Gasteiger partial charge in [-0.1, -0.05) is 0 Å². The molecule has 2 aromatic heterocycles. The molecule has 6 heteroatoms. The third-order valence-electron chi connectivity index (χ3n) is 4.48. The van der Waals surface area contributed by atoms with Crippen molar-refractivity contribution in [2.45, 2.75) is 31.7 Å². The van der Waals surface area contributed by atoms with Crippen LogP contribution in [0.2, 0.25) is 0 Å². The molecule has 0 spiro atoms. The second-order valence-electron chi connectivity index (χ2n) is 5.89. The first-order chi connectivity index (χ1) is 10.1. The maximum absolute atomic E-state index is 4.64. The molecule has 2 heterocycles. The average molecular weight is 305 g/mol. The topological polar surface area (TPSA) is 53.1 Å². The Hall–Kier alpha value is -1.40. The van der Waals surface area contributed by atoms with Gasteiger partial charge in [-0.25, -0.2) is 4.98 Å². The number of hydrogen-bond donors (Lipinski definition) is 2. The van der Waals surface area contributed by atoms with E-state index in [0.29, 0.717) is 5.95 Å². The fraction of sp³-hybridized carbons (Fsp3) is 0.600. The van der Waals surface area contributed by atoms with Crippen LogP contribution in [0.1, 0.15) is 26.2 Å². The van der Waals surface area contributed by atoms with E-state index >= 15 is 0 Å². The molecule has 0 saturated heterocycles. The first-order valence-corrected chi connectivity index (χ1v) is 8.43. The Morgan fingerprint density at radius 1 is 1.29 bits per heavy atom. The Balaban J connectivity index is 1.84. The molecule has 1 aliphatic rings. The van der Waals surface area contributed by atoms with Gasteiger partial charge < -0.3 is 15.5 Å². The molecule has 0 radical (unpaired) electrons. The zero-order valence-corrected chi connectivity index (χ0v) is 13.8. The summed E-state index contributed by atoms with van der Waals surface area (Å²) in [6, 6.07) is 2.10. The van der Waals surface area contributed by atoms with Crippen molar-refractivity contribution in [3.8, 4) is 0 Å². The maximum atomic E-state index is 4.64. The van der Waals surface area contributed by atoms with Crippen LogP contribution >= 0.6 is 11.3 Å². The average Bonchev–Trinajstić information content (AvgIpc) is 2.85. The fourth-order valence-electron chi connectivity index (χ4n) is 2.84. The number of aromatic nitrogens is 2. The van der Waals surface area contributed by atoms with Crippen molar-refractivity contribution in [3.63, 3.8) is 0 Å². The maximum Gasteiger partial charge on any atom is 0.226 e. The number of thiophene rings is 1. The second-order valence-corrected chi connectivity index (χ2v) is 6.79. The van der Waals surface area contributed by atoms with Crippen LogP contribution in [0.15, 0.2) is 11.4 Å². The van der Waals surface area contributed by atoms with Gasteiger partial charge in [0.25, 0.3) is 0 Å². The lowest BCUT2D eigenvalue weighted by Gasteiger charge is -2.47. The van der Waals surface area contributed by atoms with Crippen molar-refractivity contribution >= 4 is 33.3 Å². The molecule has 0 bridgehead atoms. The van der Waals surface area contributed by atoms with E-state index in [-0.39, 0.29) is 5.54 Å². The summed E-state index contributed by atoms with van der Waals surface area (Å²) in [5.41, 5.74) is 0.283. The highest BCUT2D eigenvalue weighted by molar-refractivity contribution is 7.16. The van der Waals surface area contributed by atoms with Crippen LogP contribution in [-0.4, -0.2) is 47.6 Å². The molecule has 0 unspecified atom stereocenters. The van der Waals surface area contributed by atoms with Crippen molar-refractivity contribution < 1.29 is 0 Å². The normalized spacial score (nSPS) is 17.0. The molecule has 0 atom stereocenters. The summed E-state index contributed by atoms with van der Waals surface area (Å²) in [6.45, 7) is 3.83. The number of likely N-dealkylation sites (N-methyl/N-ethyl adjacent to an activating group) is 1. The van der Waals surface area contributed by atoms with Gasteiger partial charge in [0.1, 0.15) is 10.6 Å². The van der Waals surface area contributed by atoms with Gasteiger partial charge in [0.2, 0.25) is 5.95 Å². The van der Waals surface area contributed by atoms with Gasteiger partial charge in [-0.15, -0.1) is 11.3 Å². The standard InChI is InChI=1S/C15H23N5S/c1-4-16-14-18-12(11-6-9-21-13(11)19-14)17-10-15(20(2)3)7-5-8-15/h6,9H,4-5,7-8,10H2,1-3H3,(H2,16,17,18,19). The predicted molar refractivity (Wildman–Crippen MR) is 90.3 cm³/mol. The molecule has 1 aliphatic carbocycles. The SMILES string of the molecule is CCNc1nc(NCC2(N(C)C)CCC2)c2ccsc2n1. The first kappa shape index (κ1) is 14.5. The van der Waals surface area contributed by atoms with Crippen LogP contribution in [0.5, 0.6) is 0 Å². The van der Waals surface area contributed by atoms with Crippen LogP contribution in [0.3, 0.4) is 0 Å². The van der Waals surface area contributed by atoms with E-state index in [1.165, 1.54) is 19.3 Å². The van der Waals surface area contributed by atoms with Crippen molar-refractivity contribution in [2.75, 3.05) is 37.8 Å². The molecular formula is C15H23N5S. The Kier molecular flexibility index (Phi) is 3.99. The van der Waals surface area contributed by atoms with Gasteiger partial charge in [0, 0.05) is 18.6 Å². The summed E-state index contributed by atoms with van der Waals surface area (Å²) in [7, 11) is 4.34. The van der Waals surface area contributed by atoms with E-state index in [0.717, 1.165) is 29.1 Å². The van der Waals surface area contributed by atoms with E-state index in [1.54, 1.807) is 11.3 Å². The Morgan fingerprint density at radius 3 is 2.71 bits per heavy atom. The van der Waals surface area contributed by atoms with Crippen LogP contribution in [-0.2, 0) is 0 Å². The first-order valence-electron chi connectivity index (χ1n) is 7.55. The highest BCUT2D eigenvalue weighted by atomic mass is 32.1. The van der Waals surface area contributed by atoms with Crippen molar-refractivity contribution in [1.29, 1.82) is 0 Å². The third kappa shape index (κ3) is 2.70. The Morgan fingerprint density at radius 2 is 2.10 bits per heavy atom. The molecule has 3 rings (SSSR count). The quantitative estimate of drug-likeness (QED) is 0.859. The van der Waals surface area contributed by atoms with E-state index in [2.05, 4.69) is 58.0 Å². The van der Waals surface area contributed by atoms with Gasteiger partial charge in [-0.05, 0) is 51.7 Å². The zero-order chi connectivity index (χ0) is 14.9. The van der Waals surface area contributed by atoms with Crippen molar-refractivity contribution in [2.24, 2.45) is 0 Å². The van der Waals surface area contributed by atoms with E-state index in [4.69, 9.17) is 0 Å². The Bertz CT molecular complexity index is 618. The van der Waals surface area contributed by atoms with Gasteiger partial charge in [0.15, 0.2) is 0 Å². The summed E-state index contributed by atoms with van der Waals surface area (Å²) >= 11 is 1.66. The molecular weight excluding hydrogens is 282 g/mol. The zero-order valence-electron chi connectivity index (χ0n) is 12.9. The molecule has 21 heavy (non-hydrogen) atoms. The molecule has 2 N–H and O–H groups in total. The molecule has 0 amide bonds. The van der Waals surface area contributed by atoms with Crippen molar-refractivity contribution in [3.05, 3.63) is 11.4 Å². The summed E-state index contributed by atoms with van der Waals surface area (Å²) in [4.78, 5) is 12.6. The molecule has 1 saturated carbocycles. The molecule has 5 nitrogen and oxygen atoms in total. The number of fused-ring (bicyclic) bond motifs is 1. The molecule has 1 fully saturated rings. The second kappa shape index (κ2) is 5.77.